The summed E-state index contributed by atoms with van der Waals surface area (Å²) in [6.07, 6.45) is 0. The fourth-order valence-electron chi connectivity index (χ4n) is 1.95. The maximum atomic E-state index is 13.5. The quantitative estimate of drug-likeness (QED) is 0.857. The van der Waals surface area contributed by atoms with Crippen molar-refractivity contribution in [2.24, 2.45) is 0 Å². The summed E-state index contributed by atoms with van der Waals surface area (Å²) in [4.78, 5) is 1.92. The first kappa shape index (κ1) is 13.5. The molecule has 2 nitrogen and oxygen atoms in total. The van der Waals surface area contributed by atoms with Crippen molar-refractivity contribution in [2.45, 2.75) is 13.1 Å². The van der Waals surface area contributed by atoms with Gasteiger partial charge in [0.1, 0.15) is 11.6 Å². The molecule has 2 aromatic carbocycles. The molecular weight excluding hydrogens is 246 g/mol. The summed E-state index contributed by atoms with van der Waals surface area (Å²) in [5.41, 5.74) is 7.00. The lowest BCUT2D eigenvalue weighted by atomic mass is 10.1. The van der Waals surface area contributed by atoms with E-state index in [2.05, 4.69) is 0 Å². The fourth-order valence-corrected chi connectivity index (χ4v) is 1.95. The van der Waals surface area contributed by atoms with Gasteiger partial charge in [0.05, 0.1) is 5.69 Å². The fraction of sp³-hybridized carbons (Fsp3) is 0.200. The van der Waals surface area contributed by atoms with Gasteiger partial charge in [-0.05, 0) is 30.8 Å². The van der Waals surface area contributed by atoms with Crippen LogP contribution in [0.4, 0.5) is 14.5 Å². The van der Waals surface area contributed by atoms with E-state index in [0.29, 0.717) is 18.7 Å². The lowest BCUT2D eigenvalue weighted by Crippen LogP contribution is -2.18. The summed E-state index contributed by atoms with van der Waals surface area (Å²) >= 11 is 0. The largest absolute Gasteiger partial charge is 0.396 e. The molecular formula is C15H16F2N2. The third-order valence-corrected chi connectivity index (χ3v) is 2.92. The first-order chi connectivity index (χ1) is 9.06. The van der Waals surface area contributed by atoms with Crippen molar-refractivity contribution in [1.29, 1.82) is 0 Å². The van der Waals surface area contributed by atoms with E-state index < -0.39 is 5.82 Å². The number of benzene rings is 2. The predicted octanol–water partition coefficient (Wildman–Crippen LogP) is 3.18. The monoisotopic (exact) mass is 262 g/mol. The molecule has 0 saturated heterocycles. The van der Waals surface area contributed by atoms with Gasteiger partial charge in [-0.2, -0.15) is 0 Å². The summed E-state index contributed by atoms with van der Waals surface area (Å²) in [5.74, 6) is -0.644. The molecule has 2 N–H and O–H groups in total. The van der Waals surface area contributed by atoms with Gasteiger partial charge in [-0.15, -0.1) is 0 Å². The van der Waals surface area contributed by atoms with Crippen LogP contribution in [0.5, 0.6) is 0 Å². The number of hydrogen-bond acceptors (Lipinski definition) is 2. The van der Waals surface area contributed by atoms with Gasteiger partial charge in [-0.1, -0.05) is 24.3 Å². The van der Waals surface area contributed by atoms with Gasteiger partial charge >= 0.3 is 0 Å². The molecule has 0 heterocycles. The molecule has 0 atom stereocenters. The number of anilines is 1. The molecule has 0 unspecified atom stereocenters. The Morgan fingerprint density at radius 3 is 2.42 bits per heavy atom. The summed E-state index contributed by atoms with van der Waals surface area (Å²) < 4.78 is 26.8. The van der Waals surface area contributed by atoms with Crippen molar-refractivity contribution in [3.63, 3.8) is 0 Å². The van der Waals surface area contributed by atoms with Gasteiger partial charge < -0.3 is 5.73 Å². The van der Waals surface area contributed by atoms with Crippen LogP contribution >= 0.6 is 0 Å². The molecule has 0 fully saturated rings. The maximum Gasteiger partial charge on any atom is 0.146 e. The smallest absolute Gasteiger partial charge is 0.146 e. The summed E-state index contributed by atoms with van der Waals surface area (Å²) in [6, 6.07) is 11.4. The van der Waals surface area contributed by atoms with Crippen molar-refractivity contribution in [3.05, 3.63) is 65.2 Å². The summed E-state index contributed by atoms with van der Waals surface area (Å²) in [7, 11) is 1.86. The molecule has 0 aliphatic rings. The third kappa shape index (κ3) is 3.51. The highest BCUT2D eigenvalue weighted by Crippen LogP contribution is 2.15. The Morgan fingerprint density at radius 1 is 1.00 bits per heavy atom. The SMILES string of the molecule is CN(Cc1ccc(N)c(F)c1)Cc1ccccc1F. The first-order valence-corrected chi connectivity index (χ1v) is 6.02. The van der Waals surface area contributed by atoms with Gasteiger partial charge in [0.2, 0.25) is 0 Å². The normalized spacial score (nSPS) is 10.9. The molecule has 0 saturated carbocycles. The second-order valence-corrected chi connectivity index (χ2v) is 4.62. The van der Waals surface area contributed by atoms with Crippen LogP contribution in [0.25, 0.3) is 0 Å². The van der Waals surface area contributed by atoms with Crippen LogP contribution in [-0.4, -0.2) is 11.9 Å². The Morgan fingerprint density at radius 2 is 1.74 bits per heavy atom. The van der Waals surface area contributed by atoms with E-state index in [9.17, 15) is 8.78 Å². The molecule has 0 bridgehead atoms. The highest BCUT2D eigenvalue weighted by molar-refractivity contribution is 5.41. The molecule has 0 aromatic heterocycles. The van der Waals surface area contributed by atoms with Gasteiger partial charge in [0.15, 0.2) is 0 Å². The predicted molar refractivity (Wildman–Crippen MR) is 72.4 cm³/mol. The maximum absolute atomic E-state index is 13.5. The highest BCUT2D eigenvalue weighted by Gasteiger charge is 2.07. The number of rotatable bonds is 4. The summed E-state index contributed by atoms with van der Waals surface area (Å²) in [6.45, 7) is 1.00. The minimum atomic E-state index is -0.420. The van der Waals surface area contributed by atoms with Crippen LogP contribution in [-0.2, 0) is 13.1 Å². The van der Waals surface area contributed by atoms with Gasteiger partial charge in [-0.3, -0.25) is 4.90 Å². The van der Waals surface area contributed by atoms with Gasteiger partial charge in [0.25, 0.3) is 0 Å². The number of nitrogens with zero attached hydrogens (tertiary/aromatic N) is 1. The van der Waals surface area contributed by atoms with Gasteiger partial charge in [-0.25, -0.2) is 8.78 Å². The van der Waals surface area contributed by atoms with Crippen molar-refractivity contribution < 1.29 is 8.78 Å². The molecule has 2 rings (SSSR count). The Kier molecular flexibility index (Phi) is 4.12. The van der Waals surface area contributed by atoms with E-state index in [1.807, 2.05) is 11.9 Å². The Bertz CT molecular complexity index is 570. The molecule has 0 spiro atoms. The van der Waals surface area contributed by atoms with Crippen molar-refractivity contribution >= 4 is 5.69 Å². The van der Waals surface area contributed by atoms with E-state index in [1.54, 1.807) is 30.3 Å². The minimum Gasteiger partial charge on any atom is -0.396 e. The summed E-state index contributed by atoms with van der Waals surface area (Å²) in [5, 5.41) is 0. The molecule has 4 heteroatoms. The Labute approximate surface area is 111 Å². The third-order valence-electron chi connectivity index (χ3n) is 2.92. The van der Waals surface area contributed by atoms with E-state index in [0.717, 1.165) is 5.56 Å². The first-order valence-electron chi connectivity index (χ1n) is 6.02. The Hall–Kier alpha value is -1.94. The van der Waals surface area contributed by atoms with Crippen LogP contribution in [0.15, 0.2) is 42.5 Å². The highest BCUT2D eigenvalue weighted by atomic mass is 19.1. The zero-order chi connectivity index (χ0) is 13.8. The standard InChI is InChI=1S/C15H16F2N2/c1-19(10-12-4-2-3-5-13(12)16)9-11-6-7-15(18)14(17)8-11/h2-8H,9-10,18H2,1H3. The van der Waals surface area contributed by atoms with Gasteiger partial charge in [0, 0.05) is 18.7 Å². The molecule has 0 aliphatic heterocycles. The van der Waals surface area contributed by atoms with Crippen LogP contribution in [0.2, 0.25) is 0 Å². The van der Waals surface area contributed by atoms with Crippen molar-refractivity contribution in [1.82, 2.24) is 4.90 Å². The molecule has 100 valence electrons. The van der Waals surface area contributed by atoms with Crippen LogP contribution in [0.1, 0.15) is 11.1 Å². The van der Waals surface area contributed by atoms with E-state index >= 15 is 0 Å². The number of nitrogens with two attached hydrogens (primary N) is 1. The zero-order valence-corrected chi connectivity index (χ0v) is 10.7. The van der Waals surface area contributed by atoms with Crippen LogP contribution < -0.4 is 5.73 Å². The molecule has 0 aliphatic carbocycles. The minimum absolute atomic E-state index is 0.139. The van der Waals surface area contributed by atoms with E-state index in [1.165, 1.54) is 12.1 Å². The average molecular weight is 262 g/mol. The van der Waals surface area contributed by atoms with Crippen LogP contribution in [0, 0.1) is 11.6 Å². The molecule has 19 heavy (non-hydrogen) atoms. The Balaban J connectivity index is 2.03. The van der Waals surface area contributed by atoms with Crippen molar-refractivity contribution in [2.75, 3.05) is 12.8 Å². The van der Waals surface area contributed by atoms with E-state index in [4.69, 9.17) is 5.73 Å². The molecule has 0 amide bonds. The zero-order valence-electron chi connectivity index (χ0n) is 10.7. The topological polar surface area (TPSA) is 29.3 Å². The number of nitrogen functional groups attached to an aromatic ring is 1. The number of hydrogen-bond donors (Lipinski definition) is 1. The lowest BCUT2D eigenvalue weighted by molar-refractivity contribution is 0.313. The van der Waals surface area contributed by atoms with Crippen molar-refractivity contribution in [3.8, 4) is 0 Å². The second kappa shape index (κ2) is 5.80. The lowest BCUT2D eigenvalue weighted by Gasteiger charge is -2.17. The number of halogens is 2. The van der Waals surface area contributed by atoms with Crippen LogP contribution in [0.3, 0.4) is 0 Å². The average Bonchev–Trinajstić information content (AvgIpc) is 2.37. The molecule has 2 aromatic rings. The second-order valence-electron chi connectivity index (χ2n) is 4.62. The molecule has 0 radical (unpaired) electrons. The van der Waals surface area contributed by atoms with E-state index in [-0.39, 0.29) is 11.5 Å².